The van der Waals surface area contributed by atoms with E-state index in [1.807, 2.05) is 0 Å². The third-order valence-electron chi connectivity index (χ3n) is 4.34. The van der Waals surface area contributed by atoms with Crippen molar-refractivity contribution < 1.29 is 4.74 Å². The molecule has 4 heteroatoms. The van der Waals surface area contributed by atoms with Gasteiger partial charge < -0.3 is 10.1 Å². The van der Waals surface area contributed by atoms with E-state index in [1.165, 1.54) is 31.4 Å². The molecule has 2 fully saturated rings. The molecule has 2 aliphatic rings. The lowest BCUT2D eigenvalue weighted by Gasteiger charge is -2.28. The second-order valence-corrected chi connectivity index (χ2v) is 5.94. The number of anilines is 1. The van der Waals surface area contributed by atoms with Crippen molar-refractivity contribution in [3.8, 4) is 0 Å². The molecule has 2 aliphatic carbocycles. The molecule has 1 heterocycles. The molecule has 0 radical (unpaired) electrons. The quantitative estimate of drug-likeness (QED) is 0.862. The van der Waals surface area contributed by atoms with Crippen LogP contribution < -0.4 is 5.32 Å². The van der Waals surface area contributed by atoms with Crippen molar-refractivity contribution in [2.45, 2.75) is 63.9 Å². The molecule has 0 unspecified atom stereocenters. The molecule has 1 N–H and O–H groups in total. The molecule has 0 saturated heterocycles. The van der Waals surface area contributed by atoms with Gasteiger partial charge in [0.25, 0.3) is 0 Å². The molecule has 0 bridgehead atoms. The van der Waals surface area contributed by atoms with E-state index < -0.39 is 0 Å². The standard InChI is InChI=1S/C16H25N3O/c1-3-17-14-11-13(12-7-8-12)18-15(19-14)16(20-4-2)9-5-6-10-16/h11-12H,3-10H2,1-2H3,(H,17,18,19). The predicted octanol–water partition coefficient (Wildman–Crippen LogP) is 3.59. The third-order valence-corrected chi connectivity index (χ3v) is 4.34. The number of rotatable bonds is 6. The summed E-state index contributed by atoms with van der Waals surface area (Å²) >= 11 is 0. The van der Waals surface area contributed by atoms with Gasteiger partial charge in [0, 0.05) is 30.8 Å². The Morgan fingerprint density at radius 2 is 2.00 bits per heavy atom. The molecule has 110 valence electrons. The molecule has 3 rings (SSSR count). The van der Waals surface area contributed by atoms with Crippen LogP contribution >= 0.6 is 0 Å². The molecule has 0 aliphatic heterocycles. The zero-order valence-corrected chi connectivity index (χ0v) is 12.6. The van der Waals surface area contributed by atoms with Crippen molar-refractivity contribution in [1.29, 1.82) is 0 Å². The largest absolute Gasteiger partial charge is 0.370 e. The van der Waals surface area contributed by atoms with E-state index in [1.54, 1.807) is 0 Å². The summed E-state index contributed by atoms with van der Waals surface area (Å²) in [5.74, 6) is 2.52. The summed E-state index contributed by atoms with van der Waals surface area (Å²) < 4.78 is 6.11. The fourth-order valence-electron chi connectivity index (χ4n) is 3.18. The molecule has 1 aromatic rings. The molecule has 1 aromatic heterocycles. The minimum Gasteiger partial charge on any atom is -0.370 e. The van der Waals surface area contributed by atoms with E-state index in [4.69, 9.17) is 14.7 Å². The lowest BCUT2D eigenvalue weighted by molar-refractivity contribution is -0.0457. The van der Waals surface area contributed by atoms with Gasteiger partial charge in [0.1, 0.15) is 11.4 Å². The van der Waals surface area contributed by atoms with Gasteiger partial charge in [0.05, 0.1) is 0 Å². The van der Waals surface area contributed by atoms with Gasteiger partial charge in [0.2, 0.25) is 0 Å². The fourth-order valence-corrected chi connectivity index (χ4v) is 3.18. The van der Waals surface area contributed by atoms with E-state index in [9.17, 15) is 0 Å². The summed E-state index contributed by atoms with van der Waals surface area (Å²) in [6.45, 7) is 5.79. The lowest BCUT2D eigenvalue weighted by atomic mass is 10.0. The maximum atomic E-state index is 6.11. The molecule has 2 saturated carbocycles. The second kappa shape index (κ2) is 5.68. The summed E-state index contributed by atoms with van der Waals surface area (Å²) in [4.78, 5) is 9.63. The Morgan fingerprint density at radius 1 is 1.25 bits per heavy atom. The molecule has 0 amide bonds. The van der Waals surface area contributed by atoms with Gasteiger partial charge in [-0.25, -0.2) is 9.97 Å². The third kappa shape index (κ3) is 2.66. The van der Waals surface area contributed by atoms with Crippen LogP contribution in [0.3, 0.4) is 0 Å². The van der Waals surface area contributed by atoms with Crippen LogP contribution in [0.1, 0.15) is 69.8 Å². The highest BCUT2D eigenvalue weighted by atomic mass is 16.5. The Hall–Kier alpha value is -1.16. The molecule has 4 nitrogen and oxygen atoms in total. The van der Waals surface area contributed by atoms with Crippen LogP contribution in [0.25, 0.3) is 0 Å². The Kier molecular flexibility index (Phi) is 3.92. The number of nitrogens with zero attached hydrogens (tertiary/aromatic N) is 2. The van der Waals surface area contributed by atoms with E-state index in [0.717, 1.165) is 37.6 Å². The number of aromatic nitrogens is 2. The zero-order valence-electron chi connectivity index (χ0n) is 12.6. The Morgan fingerprint density at radius 3 is 2.60 bits per heavy atom. The Bertz CT molecular complexity index is 465. The monoisotopic (exact) mass is 275 g/mol. The number of ether oxygens (including phenoxy) is 1. The van der Waals surface area contributed by atoms with Gasteiger partial charge in [-0.15, -0.1) is 0 Å². The van der Waals surface area contributed by atoms with E-state index >= 15 is 0 Å². The van der Waals surface area contributed by atoms with E-state index in [0.29, 0.717) is 5.92 Å². The van der Waals surface area contributed by atoms with Crippen molar-refractivity contribution in [1.82, 2.24) is 9.97 Å². The van der Waals surface area contributed by atoms with Crippen LogP contribution in [0.4, 0.5) is 5.82 Å². The van der Waals surface area contributed by atoms with E-state index in [2.05, 4.69) is 25.2 Å². The van der Waals surface area contributed by atoms with Crippen LogP contribution in [0.2, 0.25) is 0 Å². The number of hydrogen-bond donors (Lipinski definition) is 1. The van der Waals surface area contributed by atoms with Crippen LogP contribution in [-0.2, 0) is 10.3 Å². The fraction of sp³-hybridized carbons (Fsp3) is 0.750. The van der Waals surface area contributed by atoms with Gasteiger partial charge in [0.15, 0.2) is 5.82 Å². The first-order valence-electron chi connectivity index (χ1n) is 8.04. The first-order valence-corrected chi connectivity index (χ1v) is 8.04. The Labute approximate surface area is 121 Å². The first kappa shape index (κ1) is 13.8. The van der Waals surface area contributed by atoms with Crippen LogP contribution in [0, 0.1) is 0 Å². The summed E-state index contributed by atoms with van der Waals surface area (Å²) in [6, 6.07) is 2.12. The molecule has 20 heavy (non-hydrogen) atoms. The maximum absolute atomic E-state index is 6.11. The maximum Gasteiger partial charge on any atom is 0.162 e. The van der Waals surface area contributed by atoms with Gasteiger partial charge in [-0.05, 0) is 52.4 Å². The van der Waals surface area contributed by atoms with Crippen LogP contribution in [0.15, 0.2) is 6.07 Å². The summed E-state index contributed by atoms with van der Waals surface area (Å²) in [5, 5.41) is 3.35. The molecular formula is C16H25N3O. The number of nitrogens with one attached hydrogen (secondary N) is 1. The van der Waals surface area contributed by atoms with Crippen LogP contribution in [-0.4, -0.2) is 23.1 Å². The first-order chi connectivity index (χ1) is 9.77. The summed E-state index contributed by atoms with van der Waals surface area (Å²) in [5.41, 5.74) is 0.973. The summed E-state index contributed by atoms with van der Waals surface area (Å²) in [6.07, 6.45) is 7.08. The smallest absolute Gasteiger partial charge is 0.162 e. The van der Waals surface area contributed by atoms with Gasteiger partial charge >= 0.3 is 0 Å². The minimum absolute atomic E-state index is 0.232. The lowest BCUT2D eigenvalue weighted by Crippen LogP contribution is -2.29. The van der Waals surface area contributed by atoms with Gasteiger partial charge in [-0.1, -0.05) is 0 Å². The van der Waals surface area contributed by atoms with Crippen molar-refractivity contribution in [2.75, 3.05) is 18.5 Å². The topological polar surface area (TPSA) is 47.0 Å². The second-order valence-electron chi connectivity index (χ2n) is 5.94. The minimum atomic E-state index is -0.232. The summed E-state index contributed by atoms with van der Waals surface area (Å²) in [7, 11) is 0. The van der Waals surface area contributed by atoms with Crippen molar-refractivity contribution in [2.24, 2.45) is 0 Å². The normalized spacial score (nSPS) is 21.1. The van der Waals surface area contributed by atoms with Crippen molar-refractivity contribution in [3.63, 3.8) is 0 Å². The highest BCUT2D eigenvalue weighted by Gasteiger charge is 2.40. The average molecular weight is 275 g/mol. The van der Waals surface area contributed by atoms with Crippen LogP contribution in [0.5, 0.6) is 0 Å². The zero-order chi connectivity index (χ0) is 14.0. The van der Waals surface area contributed by atoms with E-state index in [-0.39, 0.29) is 5.60 Å². The molecule has 0 spiro atoms. The molecular weight excluding hydrogens is 250 g/mol. The Balaban J connectivity index is 1.97. The molecule has 0 atom stereocenters. The number of hydrogen-bond acceptors (Lipinski definition) is 4. The van der Waals surface area contributed by atoms with Gasteiger partial charge in [-0.3, -0.25) is 0 Å². The van der Waals surface area contributed by atoms with Gasteiger partial charge in [-0.2, -0.15) is 0 Å². The average Bonchev–Trinajstić information content (AvgIpc) is 3.20. The SMILES string of the molecule is CCNc1cc(C2CC2)nc(C2(OCC)CCCC2)n1. The van der Waals surface area contributed by atoms with Crippen molar-refractivity contribution in [3.05, 3.63) is 17.6 Å². The highest BCUT2D eigenvalue weighted by Crippen LogP contribution is 2.44. The predicted molar refractivity (Wildman–Crippen MR) is 79.9 cm³/mol. The molecule has 0 aromatic carbocycles. The highest BCUT2D eigenvalue weighted by molar-refractivity contribution is 5.39. The van der Waals surface area contributed by atoms with Crippen molar-refractivity contribution >= 4 is 5.82 Å².